The molecule has 0 bridgehead atoms. The SMILES string of the molecule is C=O.CC(C)(C)COP(OCC(C)(C)C)OCC(C)(C)C.CC(C)(C)COP(OCC(C)(C)C)OCC(C)(C)C.CC(C)(C)COP(OCC(C)(C)C)OCC(C)(C)C.[Ni]. The summed E-state index contributed by atoms with van der Waals surface area (Å²) >= 11 is 0. The van der Waals surface area contributed by atoms with E-state index < -0.39 is 25.8 Å². The minimum Gasteiger partial charge on any atom is -0.312 e. The van der Waals surface area contributed by atoms with Crippen LogP contribution in [0.2, 0.25) is 0 Å². The third kappa shape index (κ3) is 65.7. The molecule has 0 heterocycles. The Morgan fingerprint density at radius 2 is 0.300 bits per heavy atom. The summed E-state index contributed by atoms with van der Waals surface area (Å²) in [5, 5.41) is 0. The Bertz CT molecular complexity index is 763. The quantitative estimate of drug-likeness (QED) is 0.0975. The van der Waals surface area contributed by atoms with Gasteiger partial charge < -0.3 is 45.5 Å². The molecule has 14 heteroatoms. The molecule has 0 atom stereocenters. The van der Waals surface area contributed by atoms with E-state index in [0.717, 1.165) is 0 Å². The number of rotatable bonds is 18. The van der Waals surface area contributed by atoms with Gasteiger partial charge in [0.15, 0.2) is 0 Å². The van der Waals surface area contributed by atoms with Crippen LogP contribution < -0.4 is 0 Å². The van der Waals surface area contributed by atoms with Gasteiger partial charge in [-0.3, -0.25) is 0 Å². The van der Waals surface area contributed by atoms with Crippen molar-refractivity contribution in [2.24, 2.45) is 48.7 Å². The molecule has 0 aliphatic carbocycles. The van der Waals surface area contributed by atoms with Gasteiger partial charge in [-0.25, -0.2) is 0 Å². The second kappa shape index (κ2) is 31.1. The standard InChI is InChI=1S/3C15H33O3P.CH2O.Ni/c3*1-13(2,3)10-16-19(17-11-14(4,5)6)18-12-15(7,8)9;1-2;/h3*10-12H2,1-9H3;1H2;. The average molecular weight is 966 g/mol. The largest absolute Gasteiger partial charge is 0.332 e. The van der Waals surface area contributed by atoms with Gasteiger partial charge in [-0.2, -0.15) is 0 Å². The Morgan fingerprint density at radius 1 is 0.233 bits per heavy atom. The molecule has 0 aromatic heterocycles. The van der Waals surface area contributed by atoms with E-state index >= 15 is 0 Å². The summed E-state index contributed by atoms with van der Waals surface area (Å²) in [4.78, 5) is 8.00. The van der Waals surface area contributed by atoms with Gasteiger partial charge in [0.25, 0.3) is 0 Å². The smallest absolute Gasteiger partial charge is 0.312 e. The van der Waals surface area contributed by atoms with Gasteiger partial charge in [0.2, 0.25) is 0 Å². The predicted octanol–water partition coefficient (Wildman–Crippen LogP) is 16.0. The molecule has 0 saturated heterocycles. The zero-order chi connectivity index (χ0) is 48.0. The Morgan fingerprint density at radius 3 is 0.350 bits per heavy atom. The number of carbonyl (C=O) groups excluding carboxylic acids is 1. The van der Waals surface area contributed by atoms with E-state index in [1.807, 2.05) is 6.79 Å². The van der Waals surface area contributed by atoms with Crippen molar-refractivity contribution in [3.63, 3.8) is 0 Å². The molecular formula is C46H101NiO10P3. The van der Waals surface area contributed by atoms with Gasteiger partial charge in [0.1, 0.15) is 6.79 Å². The van der Waals surface area contributed by atoms with Crippen LogP contribution in [0.1, 0.15) is 187 Å². The van der Waals surface area contributed by atoms with Gasteiger partial charge >= 0.3 is 25.8 Å². The van der Waals surface area contributed by atoms with Crippen molar-refractivity contribution in [2.75, 3.05) is 59.5 Å². The fraction of sp³-hybridized carbons (Fsp3) is 0.978. The molecule has 370 valence electrons. The molecule has 0 unspecified atom stereocenters. The summed E-state index contributed by atoms with van der Waals surface area (Å²) in [6.45, 7) is 65.8. The van der Waals surface area contributed by atoms with Crippen LogP contribution in [0.15, 0.2) is 0 Å². The Labute approximate surface area is 388 Å². The molecule has 0 spiro atoms. The predicted molar refractivity (Wildman–Crippen MR) is 257 cm³/mol. The summed E-state index contributed by atoms with van der Waals surface area (Å²) in [7, 11) is -3.76. The maximum Gasteiger partial charge on any atom is 0.332 e. The minimum atomic E-state index is -1.25. The minimum absolute atomic E-state index is 0. The topological polar surface area (TPSA) is 100 Å². The van der Waals surface area contributed by atoms with E-state index in [-0.39, 0.29) is 65.2 Å². The zero-order valence-electron chi connectivity index (χ0n) is 44.3. The van der Waals surface area contributed by atoms with Gasteiger partial charge in [-0.15, -0.1) is 0 Å². The summed E-state index contributed by atoms with van der Waals surface area (Å²) in [6.07, 6.45) is 0. The van der Waals surface area contributed by atoms with E-state index in [4.69, 9.17) is 45.5 Å². The molecule has 60 heavy (non-hydrogen) atoms. The number of carbonyl (C=O) groups is 1. The fourth-order valence-electron chi connectivity index (χ4n) is 2.55. The summed E-state index contributed by atoms with van der Waals surface area (Å²) in [5.41, 5.74) is 1.10. The Kier molecular flexibility index (Phi) is 36.4. The third-order valence-electron chi connectivity index (χ3n) is 5.43. The Balaban J connectivity index is -0.000000245. The van der Waals surface area contributed by atoms with E-state index in [0.29, 0.717) is 59.5 Å². The van der Waals surface area contributed by atoms with Gasteiger partial charge in [-0.05, 0) is 48.7 Å². The third-order valence-corrected chi connectivity index (χ3v) is 8.49. The maximum atomic E-state index is 8.00. The van der Waals surface area contributed by atoms with E-state index in [1.54, 1.807) is 0 Å². The molecule has 0 radical (unpaired) electrons. The van der Waals surface area contributed by atoms with Crippen LogP contribution in [0.25, 0.3) is 0 Å². The van der Waals surface area contributed by atoms with Crippen LogP contribution >= 0.6 is 25.8 Å². The average Bonchev–Trinajstić information content (AvgIpc) is 2.97. The summed E-state index contributed by atoms with van der Waals surface area (Å²) in [6, 6.07) is 0. The van der Waals surface area contributed by atoms with Crippen LogP contribution in [0.3, 0.4) is 0 Å². The molecular weight excluding hydrogens is 864 g/mol. The fourth-order valence-corrected chi connectivity index (χ4v) is 7.66. The number of hydrogen-bond acceptors (Lipinski definition) is 10. The molecule has 0 aliphatic rings. The molecule has 0 aromatic carbocycles. The molecule has 0 amide bonds. The monoisotopic (exact) mass is 965 g/mol. The van der Waals surface area contributed by atoms with Crippen molar-refractivity contribution in [3.05, 3.63) is 0 Å². The molecule has 0 aromatic rings. The van der Waals surface area contributed by atoms with Crippen molar-refractivity contribution in [1.82, 2.24) is 0 Å². The first-order valence-electron chi connectivity index (χ1n) is 21.2. The maximum absolute atomic E-state index is 8.00. The molecule has 0 rings (SSSR count). The van der Waals surface area contributed by atoms with Crippen molar-refractivity contribution in [2.45, 2.75) is 187 Å². The van der Waals surface area contributed by atoms with Crippen LogP contribution in [-0.2, 0) is 62.0 Å². The van der Waals surface area contributed by atoms with Crippen molar-refractivity contribution >= 4 is 32.6 Å². The van der Waals surface area contributed by atoms with Crippen LogP contribution in [-0.4, -0.2) is 66.3 Å². The second-order valence-corrected chi connectivity index (χ2v) is 29.8. The first-order valence-corrected chi connectivity index (χ1v) is 24.5. The van der Waals surface area contributed by atoms with Crippen molar-refractivity contribution in [1.29, 1.82) is 0 Å². The normalized spacial score (nSPS) is 13.6. The van der Waals surface area contributed by atoms with Gasteiger partial charge in [0, 0.05) is 16.5 Å². The summed E-state index contributed by atoms with van der Waals surface area (Å²) < 4.78 is 52.4. The van der Waals surface area contributed by atoms with Gasteiger partial charge in [0.05, 0.1) is 59.5 Å². The molecule has 10 nitrogen and oxygen atoms in total. The van der Waals surface area contributed by atoms with E-state index in [9.17, 15) is 0 Å². The van der Waals surface area contributed by atoms with Crippen LogP contribution in [0.5, 0.6) is 0 Å². The number of hydrogen-bond donors (Lipinski definition) is 0. The zero-order valence-corrected chi connectivity index (χ0v) is 48.0. The van der Waals surface area contributed by atoms with E-state index in [1.165, 1.54) is 0 Å². The molecule has 0 saturated carbocycles. The second-order valence-electron chi connectivity index (χ2n) is 26.2. The van der Waals surface area contributed by atoms with Crippen molar-refractivity contribution < 1.29 is 62.0 Å². The molecule has 0 aliphatic heterocycles. The van der Waals surface area contributed by atoms with Crippen molar-refractivity contribution in [3.8, 4) is 0 Å². The first kappa shape index (κ1) is 70.1. The van der Waals surface area contributed by atoms with Crippen LogP contribution in [0, 0.1) is 48.7 Å². The molecule has 0 fully saturated rings. The summed E-state index contributed by atoms with van der Waals surface area (Å²) in [5.74, 6) is 0. The van der Waals surface area contributed by atoms with Crippen LogP contribution in [0.4, 0.5) is 0 Å². The first-order chi connectivity index (χ1) is 25.9. The Hall–Kier alpha value is 1.09. The van der Waals surface area contributed by atoms with Gasteiger partial charge in [-0.1, -0.05) is 187 Å². The van der Waals surface area contributed by atoms with E-state index in [2.05, 4.69) is 187 Å². The molecule has 0 N–H and O–H groups in total.